The number of halogens is 5. The number of hydrogen-bond acceptors (Lipinski definition) is 2. The maximum atomic E-state index is 13.4. The van der Waals surface area contributed by atoms with Crippen LogP contribution in [0.15, 0.2) is 42.5 Å². The van der Waals surface area contributed by atoms with Gasteiger partial charge in [0.05, 0.1) is 5.56 Å². The first-order chi connectivity index (χ1) is 12.1. The zero-order valence-corrected chi connectivity index (χ0v) is 13.3. The maximum absolute atomic E-state index is 13.4. The van der Waals surface area contributed by atoms with Crippen LogP contribution < -0.4 is 10.6 Å². The molecule has 0 heterocycles. The third kappa shape index (κ3) is 4.35. The van der Waals surface area contributed by atoms with Gasteiger partial charge in [0.1, 0.15) is 6.04 Å². The van der Waals surface area contributed by atoms with Crippen molar-refractivity contribution in [3.63, 3.8) is 0 Å². The summed E-state index contributed by atoms with van der Waals surface area (Å²) in [7, 11) is 1.26. The van der Waals surface area contributed by atoms with E-state index in [1.165, 1.54) is 7.05 Å². The van der Waals surface area contributed by atoms with Gasteiger partial charge in [0.2, 0.25) is 5.91 Å². The number of hydrogen-bond donors (Lipinski definition) is 2. The molecule has 0 aliphatic carbocycles. The molecule has 0 fully saturated rings. The standard InChI is InChI=1S/C17H13F5N2O2/c1-23-16(26)14(9-5-6-12(18)13(19)8-9)24-15(25)10-3-2-4-11(7-10)17(20,21)22/h2-8,14H,1H3,(H,23,26)(H,24,25). The summed E-state index contributed by atoms with van der Waals surface area (Å²) in [5.74, 6) is -4.11. The van der Waals surface area contributed by atoms with Crippen LogP contribution in [0.1, 0.15) is 27.5 Å². The van der Waals surface area contributed by atoms with E-state index in [1.807, 2.05) is 0 Å². The minimum absolute atomic E-state index is 0.0661. The molecule has 0 bridgehead atoms. The summed E-state index contributed by atoms with van der Waals surface area (Å²) < 4.78 is 64.7. The molecule has 0 spiro atoms. The van der Waals surface area contributed by atoms with Crippen molar-refractivity contribution in [2.75, 3.05) is 7.05 Å². The summed E-state index contributed by atoms with van der Waals surface area (Å²) in [6.07, 6.45) is -4.64. The molecule has 0 aromatic heterocycles. The Balaban J connectivity index is 2.33. The van der Waals surface area contributed by atoms with E-state index >= 15 is 0 Å². The molecular weight excluding hydrogens is 359 g/mol. The van der Waals surface area contributed by atoms with E-state index in [-0.39, 0.29) is 11.1 Å². The number of rotatable bonds is 4. The quantitative estimate of drug-likeness (QED) is 0.810. The SMILES string of the molecule is CNC(=O)C(NC(=O)c1cccc(C(F)(F)F)c1)c1ccc(F)c(F)c1. The second-order valence-corrected chi connectivity index (χ2v) is 5.27. The van der Waals surface area contributed by atoms with Gasteiger partial charge >= 0.3 is 6.18 Å². The molecule has 1 atom stereocenters. The zero-order chi connectivity index (χ0) is 19.5. The number of benzene rings is 2. The molecule has 2 N–H and O–H groups in total. The molecule has 4 nitrogen and oxygen atoms in total. The summed E-state index contributed by atoms with van der Waals surface area (Å²) in [6.45, 7) is 0. The molecule has 1 unspecified atom stereocenters. The third-order valence-electron chi connectivity index (χ3n) is 3.51. The maximum Gasteiger partial charge on any atom is 0.416 e. The summed E-state index contributed by atoms with van der Waals surface area (Å²) in [5.41, 5.74) is -1.44. The fraction of sp³-hybridized carbons (Fsp3) is 0.176. The molecule has 9 heteroatoms. The van der Waals surface area contributed by atoms with Crippen molar-refractivity contribution in [2.24, 2.45) is 0 Å². The third-order valence-corrected chi connectivity index (χ3v) is 3.51. The lowest BCUT2D eigenvalue weighted by Crippen LogP contribution is -2.39. The Labute approximate surface area is 145 Å². The van der Waals surface area contributed by atoms with Crippen molar-refractivity contribution in [3.05, 3.63) is 70.8 Å². The van der Waals surface area contributed by atoms with Gasteiger partial charge < -0.3 is 10.6 Å². The van der Waals surface area contributed by atoms with Gasteiger partial charge in [-0.05, 0) is 35.9 Å². The van der Waals surface area contributed by atoms with Crippen LogP contribution in [0.2, 0.25) is 0 Å². The minimum Gasteiger partial charge on any atom is -0.357 e. The number of carbonyl (C=O) groups is 2. The second-order valence-electron chi connectivity index (χ2n) is 5.27. The normalized spacial score (nSPS) is 12.4. The lowest BCUT2D eigenvalue weighted by Gasteiger charge is -2.18. The van der Waals surface area contributed by atoms with Crippen molar-refractivity contribution in [2.45, 2.75) is 12.2 Å². The topological polar surface area (TPSA) is 58.2 Å². The Morgan fingerprint density at radius 2 is 1.69 bits per heavy atom. The van der Waals surface area contributed by atoms with E-state index in [4.69, 9.17) is 0 Å². The molecule has 0 saturated heterocycles. The number of carbonyl (C=O) groups excluding carboxylic acids is 2. The number of nitrogens with one attached hydrogen (secondary N) is 2. The molecule has 0 aliphatic heterocycles. The van der Waals surface area contributed by atoms with Crippen molar-refractivity contribution >= 4 is 11.8 Å². The zero-order valence-electron chi connectivity index (χ0n) is 13.3. The predicted octanol–water partition coefficient (Wildman–Crippen LogP) is 3.20. The number of alkyl halides is 3. The molecular formula is C17H13F5N2O2. The first-order valence-corrected chi connectivity index (χ1v) is 7.28. The van der Waals surface area contributed by atoms with Crippen LogP contribution in [-0.4, -0.2) is 18.9 Å². The van der Waals surface area contributed by atoms with Crippen LogP contribution >= 0.6 is 0 Å². The highest BCUT2D eigenvalue weighted by molar-refractivity contribution is 5.98. The van der Waals surface area contributed by atoms with E-state index < -0.39 is 41.2 Å². The Bertz CT molecular complexity index is 836. The molecule has 0 radical (unpaired) electrons. The minimum atomic E-state index is -4.64. The van der Waals surface area contributed by atoms with Gasteiger partial charge in [0, 0.05) is 12.6 Å². The van der Waals surface area contributed by atoms with Crippen LogP contribution in [0, 0.1) is 11.6 Å². The van der Waals surface area contributed by atoms with Gasteiger partial charge in [-0.15, -0.1) is 0 Å². The largest absolute Gasteiger partial charge is 0.416 e. The molecule has 26 heavy (non-hydrogen) atoms. The van der Waals surface area contributed by atoms with Gasteiger partial charge in [-0.3, -0.25) is 9.59 Å². The van der Waals surface area contributed by atoms with Crippen molar-refractivity contribution in [3.8, 4) is 0 Å². The average molecular weight is 372 g/mol. The fourth-order valence-electron chi connectivity index (χ4n) is 2.19. The first kappa shape index (κ1) is 19.4. The smallest absolute Gasteiger partial charge is 0.357 e. The van der Waals surface area contributed by atoms with Gasteiger partial charge in [0.25, 0.3) is 5.91 Å². The lowest BCUT2D eigenvalue weighted by atomic mass is 10.0. The lowest BCUT2D eigenvalue weighted by molar-refractivity contribution is -0.137. The number of amides is 2. The molecule has 2 aromatic carbocycles. The van der Waals surface area contributed by atoms with E-state index in [0.717, 1.165) is 36.4 Å². The van der Waals surface area contributed by atoms with Crippen molar-refractivity contribution in [1.29, 1.82) is 0 Å². The van der Waals surface area contributed by atoms with Gasteiger partial charge in [-0.2, -0.15) is 13.2 Å². The molecule has 138 valence electrons. The van der Waals surface area contributed by atoms with Gasteiger partial charge in [0.15, 0.2) is 11.6 Å². The van der Waals surface area contributed by atoms with Crippen LogP contribution in [0.5, 0.6) is 0 Å². The molecule has 2 amide bonds. The monoisotopic (exact) mass is 372 g/mol. The van der Waals surface area contributed by atoms with Crippen molar-refractivity contribution in [1.82, 2.24) is 10.6 Å². The van der Waals surface area contributed by atoms with Crippen molar-refractivity contribution < 1.29 is 31.5 Å². The van der Waals surface area contributed by atoms with Crippen LogP contribution in [0.4, 0.5) is 22.0 Å². The van der Waals surface area contributed by atoms with Crippen LogP contribution in [0.3, 0.4) is 0 Å². The summed E-state index contributed by atoms with van der Waals surface area (Å²) in [6, 6.07) is 4.77. The fourth-order valence-corrected chi connectivity index (χ4v) is 2.19. The summed E-state index contributed by atoms with van der Waals surface area (Å²) in [4.78, 5) is 24.2. The number of likely N-dealkylation sites (N-methyl/N-ethyl adjacent to an activating group) is 1. The highest BCUT2D eigenvalue weighted by atomic mass is 19.4. The molecule has 2 aromatic rings. The summed E-state index contributed by atoms with van der Waals surface area (Å²) in [5, 5.41) is 4.46. The first-order valence-electron chi connectivity index (χ1n) is 7.28. The van der Waals surface area contributed by atoms with E-state index in [9.17, 15) is 31.5 Å². The summed E-state index contributed by atoms with van der Waals surface area (Å²) >= 11 is 0. The Morgan fingerprint density at radius 3 is 2.27 bits per heavy atom. The average Bonchev–Trinajstić information content (AvgIpc) is 2.60. The highest BCUT2D eigenvalue weighted by Crippen LogP contribution is 2.29. The van der Waals surface area contributed by atoms with Gasteiger partial charge in [-0.25, -0.2) is 8.78 Å². The Morgan fingerprint density at radius 1 is 1.00 bits per heavy atom. The molecule has 2 rings (SSSR count). The second kappa shape index (κ2) is 7.51. The van der Waals surface area contributed by atoms with E-state index in [1.54, 1.807) is 0 Å². The van der Waals surface area contributed by atoms with Crippen LogP contribution in [-0.2, 0) is 11.0 Å². The van der Waals surface area contributed by atoms with Crippen LogP contribution in [0.25, 0.3) is 0 Å². The Kier molecular flexibility index (Phi) is 5.59. The highest BCUT2D eigenvalue weighted by Gasteiger charge is 2.31. The molecule has 0 aliphatic rings. The van der Waals surface area contributed by atoms with E-state index in [2.05, 4.69) is 10.6 Å². The van der Waals surface area contributed by atoms with E-state index in [0.29, 0.717) is 6.07 Å². The molecule has 0 saturated carbocycles. The predicted molar refractivity (Wildman–Crippen MR) is 82.1 cm³/mol. The Hall–Kier alpha value is -2.97. The van der Waals surface area contributed by atoms with Gasteiger partial charge in [-0.1, -0.05) is 12.1 Å².